The molecule has 0 aliphatic carbocycles. The third kappa shape index (κ3) is 7.71. The molecule has 2 aromatic heterocycles. The number of piperazine rings is 1. The molecule has 0 atom stereocenters. The van der Waals surface area contributed by atoms with Crippen molar-refractivity contribution in [3.05, 3.63) is 90.9 Å². The van der Waals surface area contributed by atoms with Gasteiger partial charge in [-0.2, -0.15) is 0 Å². The summed E-state index contributed by atoms with van der Waals surface area (Å²) in [6.45, 7) is 7.47. The number of carbonyl (C=O) groups excluding carboxylic acids is 1. The van der Waals surface area contributed by atoms with Gasteiger partial charge in [0.25, 0.3) is 0 Å². The van der Waals surface area contributed by atoms with Crippen LogP contribution in [0.1, 0.15) is 12.0 Å². The third-order valence-corrected chi connectivity index (χ3v) is 7.46. The number of carbonyl (C=O) groups is 1. The third-order valence-electron chi connectivity index (χ3n) is 6.56. The Bertz CT molecular complexity index is 1370. The minimum Gasteiger partial charge on any atom is -0.491 e. The number of urea groups is 1. The molecule has 4 aromatic rings. The first-order valence-corrected chi connectivity index (χ1v) is 14.2. The van der Waals surface area contributed by atoms with Gasteiger partial charge in [-0.05, 0) is 79.2 Å². The summed E-state index contributed by atoms with van der Waals surface area (Å²) in [4.78, 5) is 31.5. The number of aryl methyl sites for hydroxylation is 1. The molecule has 9 nitrogen and oxygen atoms in total. The first kappa shape index (κ1) is 27.4. The first-order valence-electron chi connectivity index (χ1n) is 13.4. The Balaban J connectivity index is 1.07. The molecule has 5 rings (SSSR count). The lowest BCUT2D eigenvalue weighted by Gasteiger charge is -2.35. The molecule has 10 heteroatoms. The molecule has 0 saturated carbocycles. The second-order valence-corrected chi connectivity index (χ2v) is 10.4. The molecule has 3 heterocycles. The number of benzene rings is 2. The lowest BCUT2D eigenvalue weighted by atomic mass is 10.2. The van der Waals surface area contributed by atoms with Gasteiger partial charge in [-0.25, -0.2) is 19.7 Å². The fraction of sp³-hybridized carbons (Fsp3) is 0.267. The minimum absolute atomic E-state index is 0.322. The van der Waals surface area contributed by atoms with E-state index in [0.29, 0.717) is 28.9 Å². The smallest absolute Gasteiger partial charge is 0.323 e. The SMILES string of the molecule is Cc1cccc(OCCCN2CCN(c3ccccn3)CC2)c1NC(=O)Nc1ccc(Sc2ncccn2)cc1. The van der Waals surface area contributed by atoms with Crippen LogP contribution in [0.3, 0.4) is 0 Å². The first-order chi connectivity index (χ1) is 19.6. The fourth-order valence-corrected chi connectivity index (χ4v) is 5.17. The van der Waals surface area contributed by atoms with Crippen molar-refractivity contribution in [1.29, 1.82) is 0 Å². The van der Waals surface area contributed by atoms with Crippen LogP contribution in [0, 0.1) is 6.92 Å². The van der Waals surface area contributed by atoms with Gasteiger partial charge >= 0.3 is 6.03 Å². The van der Waals surface area contributed by atoms with Crippen molar-refractivity contribution in [3.8, 4) is 5.75 Å². The van der Waals surface area contributed by atoms with Gasteiger partial charge in [0.05, 0.1) is 12.3 Å². The number of nitrogens with one attached hydrogen (secondary N) is 2. The Morgan fingerprint density at radius 2 is 1.65 bits per heavy atom. The number of amides is 2. The molecule has 1 aliphatic heterocycles. The molecule has 0 radical (unpaired) electrons. The standard InChI is InChI=1S/C30H33N7O2S/c1-23-7-4-8-26(39-22-6-17-36-18-20-37(21-19-36)27-9-2-3-14-31-27)28(23)35-29(38)34-24-10-12-25(13-11-24)40-30-32-15-5-16-33-30/h2-5,7-16H,6,17-22H2,1H3,(H2,34,35,38). The highest BCUT2D eigenvalue weighted by molar-refractivity contribution is 7.99. The number of hydrogen-bond donors (Lipinski definition) is 2. The zero-order valence-corrected chi connectivity index (χ0v) is 23.3. The molecule has 2 aromatic carbocycles. The van der Waals surface area contributed by atoms with E-state index in [2.05, 4.69) is 41.5 Å². The number of ether oxygens (including phenoxy) is 1. The maximum absolute atomic E-state index is 12.8. The predicted octanol–water partition coefficient (Wildman–Crippen LogP) is 5.57. The normalized spacial score (nSPS) is 13.6. The fourth-order valence-electron chi connectivity index (χ4n) is 4.46. The molecular weight excluding hydrogens is 522 g/mol. The maximum atomic E-state index is 12.8. The predicted molar refractivity (Wildman–Crippen MR) is 159 cm³/mol. The minimum atomic E-state index is -0.322. The number of para-hydroxylation sites is 1. The zero-order valence-electron chi connectivity index (χ0n) is 22.5. The largest absolute Gasteiger partial charge is 0.491 e. The van der Waals surface area contributed by atoms with Crippen LogP contribution in [0.5, 0.6) is 5.75 Å². The maximum Gasteiger partial charge on any atom is 0.323 e. The van der Waals surface area contributed by atoms with Crippen molar-refractivity contribution in [3.63, 3.8) is 0 Å². The van der Waals surface area contributed by atoms with Crippen molar-refractivity contribution < 1.29 is 9.53 Å². The molecule has 0 bridgehead atoms. The van der Waals surface area contributed by atoms with Crippen LogP contribution >= 0.6 is 11.8 Å². The van der Waals surface area contributed by atoms with Crippen LogP contribution in [-0.2, 0) is 0 Å². The summed E-state index contributed by atoms with van der Waals surface area (Å²) in [5.41, 5.74) is 2.31. The van der Waals surface area contributed by atoms with Gasteiger partial charge < -0.3 is 20.3 Å². The number of nitrogens with zero attached hydrogens (tertiary/aromatic N) is 5. The Kier molecular flexibility index (Phi) is 9.44. The van der Waals surface area contributed by atoms with Crippen LogP contribution in [-0.4, -0.2) is 65.2 Å². The summed E-state index contributed by atoms with van der Waals surface area (Å²) in [5.74, 6) is 1.72. The van der Waals surface area contributed by atoms with E-state index in [4.69, 9.17) is 4.74 Å². The van der Waals surface area contributed by atoms with E-state index >= 15 is 0 Å². The summed E-state index contributed by atoms with van der Waals surface area (Å²) in [7, 11) is 0. The Hall–Kier alpha value is -4.15. The van der Waals surface area contributed by atoms with Gasteiger partial charge in [0.15, 0.2) is 5.16 Å². The van der Waals surface area contributed by atoms with Gasteiger partial charge in [-0.3, -0.25) is 4.90 Å². The highest BCUT2D eigenvalue weighted by Gasteiger charge is 2.17. The Morgan fingerprint density at radius 3 is 2.40 bits per heavy atom. The lowest BCUT2D eigenvalue weighted by Crippen LogP contribution is -2.47. The second-order valence-electron chi connectivity index (χ2n) is 9.40. The van der Waals surface area contributed by atoms with E-state index in [1.54, 1.807) is 18.5 Å². The summed E-state index contributed by atoms with van der Waals surface area (Å²) in [6, 6.07) is 20.9. The topological polar surface area (TPSA) is 95.5 Å². The van der Waals surface area contributed by atoms with Crippen LogP contribution in [0.15, 0.2) is 95.4 Å². The van der Waals surface area contributed by atoms with Crippen molar-refractivity contribution in [2.24, 2.45) is 0 Å². The van der Waals surface area contributed by atoms with Gasteiger partial charge in [-0.1, -0.05) is 18.2 Å². The molecular formula is C30H33N7O2S. The molecule has 2 amide bonds. The number of pyridine rings is 1. The molecule has 2 N–H and O–H groups in total. The molecule has 1 aliphatic rings. The summed E-state index contributed by atoms with van der Waals surface area (Å²) >= 11 is 1.46. The van der Waals surface area contributed by atoms with Crippen molar-refractivity contribution >= 4 is 35.0 Å². The molecule has 1 saturated heterocycles. The van der Waals surface area contributed by atoms with Crippen molar-refractivity contribution in [2.45, 2.75) is 23.4 Å². The highest BCUT2D eigenvalue weighted by atomic mass is 32.2. The molecule has 40 heavy (non-hydrogen) atoms. The van der Waals surface area contributed by atoms with Crippen molar-refractivity contribution in [2.75, 3.05) is 54.9 Å². The summed E-state index contributed by atoms with van der Waals surface area (Å²) in [5, 5.41) is 6.55. The van der Waals surface area contributed by atoms with E-state index in [0.717, 1.165) is 55.4 Å². The van der Waals surface area contributed by atoms with Crippen molar-refractivity contribution in [1.82, 2.24) is 19.9 Å². The monoisotopic (exact) mass is 555 g/mol. The summed E-state index contributed by atoms with van der Waals surface area (Å²) < 4.78 is 6.12. The highest BCUT2D eigenvalue weighted by Crippen LogP contribution is 2.29. The Morgan fingerprint density at radius 1 is 0.875 bits per heavy atom. The molecule has 1 fully saturated rings. The second kappa shape index (κ2) is 13.8. The van der Waals surface area contributed by atoms with Crippen LogP contribution in [0.4, 0.5) is 22.0 Å². The van der Waals surface area contributed by atoms with E-state index in [9.17, 15) is 4.79 Å². The van der Waals surface area contributed by atoms with E-state index in [1.807, 2.05) is 67.7 Å². The quantitative estimate of drug-likeness (QED) is 0.194. The lowest BCUT2D eigenvalue weighted by molar-refractivity contribution is 0.224. The van der Waals surface area contributed by atoms with Crippen LogP contribution in [0.2, 0.25) is 0 Å². The summed E-state index contributed by atoms with van der Waals surface area (Å²) in [6.07, 6.45) is 6.18. The van der Waals surface area contributed by atoms with Gasteiger partial charge in [0, 0.05) is 61.9 Å². The zero-order chi connectivity index (χ0) is 27.6. The van der Waals surface area contributed by atoms with E-state index in [-0.39, 0.29) is 6.03 Å². The molecule has 0 unspecified atom stereocenters. The van der Waals surface area contributed by atoms with Gasteiger partial charge in [0.2, 0.25) is 0 Å². The average molecular weight is 556 g/mol. The molecule has 206 valence electrons. The Labute approximate surface area is 239 Å². The number of aromatic nitrogens is 3. The van der Waals surface area contributed by atoms with Gasteiger partial charge in [-0.15, -0.1) is 0 Å². The van der Waals surface area contributed by atoms with E-state index < -0.39 is 0 Å². The number of anilines is 3. The number of hydrogen-bond acceptors (Lipinski definition) is 8. The van der Waals surface area contributed by atoms with E-state index in [1.165, 1.54) is 11.8 Å². The average Bonchev–Trinajstić information content (AvgIpc) is 2.99. The van der Waals surface area contributed by atoms with Crippen LogP contribution in [0.25, 0.3) is 0 Å². The van der Waals surface area contributed by atoms with Crippen LogP contribution < -0.4 is 20.3 Å². The van der Waals surface area contributed by atoms with Gasteiger partial charge in [0.1, 0.15) is 11.6 Å². The number of rotatable bonds is 10. The molecule has 0 spiro atoms.